The van der Waals surface area contributed by atoms with E-state index in [9.17, 15) is 19.2 Å². The maximum Gasteiger partial charge on any atom is 0.339 e. The van der Waals surface area contributed by atoms with Crippen molar-refractivity contribution in [1.82, 2.24) is 9.55 Å². The van der Waals surface area contributed by atoms with E-state index in [2.05, 4.69) is 10.3 Å². The van der Waals surface area contributed by atoms with Crippen LogP contribution in [0.3, 0.4) is 0 Å². The van der Waals surface area contributed by atoms with Crippen LogP contribution >= 0.6 is 0 Å². The van der Waals surface area contributed by atoms with Crippen LogP contribution in [0.25, 0.3) is 10.9 Å². The van der Waals surface area contributed by atoms with Crippen molar-refractivity contribution in [3.8, 4) is 0 Å². The van der Waals surface area contributed by atoms with Crippen LogP contribution in [0.1, 0.15) is 40.6 Å². The number of esters is 2. The third-order valence-electron chi connectivity index (χ3n) is 4.99. The van der Waals surface area contributed by atoms with Crippen molar-refractivity contribution >= 4 is 34.4 Å². The van der Waals surface area contributed by atoms with Gasteiger partial charge < -0.3 is 14.8 Å². The lowest BCUT2D eigenvalue weighted by atomic mass is 10.0. The van der Waals surface area contributed by atoms with E-state index in [1.807, 2.05) is 0 Å². The molecule has 1 heterocycles. The zero-order valence-corrected chi connectivity index (χ0v) is 18.1. The number of amides is 1. The Labute approximate surface area is 184 Å². The second-order valence-electron chi connectivity index (χ2n) is 7.40. The molecule has 0 bridgehead atoms. The zero-order valence-electron chi connectivity index (χ0n) is 18.1. The Morgan fingerprint density at radius 2 is 1.69 bits per heavy atom. The molecule has 0 spiro atoms. The molecule has 9 heteroatoms. The molecule has 1 unspecified atom stereocenters. The molecule has 0 radical (unpaired) electrons. The average Bonchev–Trinajstić information content (AvgIpc) is 2.79. The molecule has 0 fully saturated rings. The van der Waals surface area contributed by atoms with E-state index in [1.165, 1.54) is 43.3 Å². The van der Waals surface area contributed by atoms with Gasteiger partial charge in [-0.3, -0.25) is 14.2 Å². The molecule has 0 saturated carbocycles. The molecule has 0 aliphatic heterocycles. The van der Waals surface area contributed by atoms with Gasteiger partial charge in [-0.1, -0.05) is 26.0 Å². The number of ether oxygens (including phenoxy) is 2. The molecule has 1 atom stereocenters. The fourth-order valence-corrected chi connectivity index (χ4v) is 3.42. The van der Waals surface area contributed by atoms with Crippen LogP contribution < -0.4 is 10.9 Å². The van der Waals surface area contributed by atoms with Crippen LogP contribution in [0.4, 0.5) is 5.69 Å². The van der Waals surface area contributed by atoms with Crippen LogP contribution in [0.2, 0.25) is 0 Å². The number of fused-ring (bicyclic) bond motifs is 1. The smallest absolute Gasteiger partial charge is 0.339 e. The van der Waals surface area contributed by atoms with E-state index in [4.69, 9.17) is 9.47 Å². The summed E-state index contributed by atoms with van der Waals surface area (Å²) in [7, 11) is 2.43. The van der Waals surface area contributed by atoms with Crippen molar-refractivity contribution in [3.05, 3.63) is 70.3 Å². The van der Waals surface area contributed by atoms with Gasteiger partial charge in [0.15, 0.2) is 0 Å². The van der Waals surface area contributed by atoms with Gasteiger partial charge in [-0.05, 0) is 36.2 Å². The number of methoxy groups -OCH3 is 2. The lowest BCUT2D eigenvalue weighted by Gasteiger charge is -2.23. The molecule has 32 heavy (non-hydrogen) atoms. The number of benzene rings is 2. The number of carbonyl (C=O) groups excluding carboxylic acids is 3. The van der Waals surface area contributed by atoms with Crippen molar-refractivity contribution in [2.45, 2.75) is 19.9 Å². The maximum atomic E-state index is 13.3. The largest absolute Gasteiger partial charge is 0.465 e. The third kappa shape index (κ3) is 4.36. The summed E-state index contributed by atoms with van der Waals surface area (Å²) < 4.78 is 10.8. The van der Waals surface area contributed by atoms with Gasteiger partial charge in [0.25, 0.3) is 5.56 Å². The van der Waals surface area contributed by atoms with Crippen molar-refractivity contribution in [2.24, 2.45) is 5.92 Å². The number of nitrogens with zero attached hydrogens (tertiary/aromatic N) is 2. The Balaban J connectivity index is 2.05. The summed E-state index contributed by atoms with van der Waals surface area (Å²) in [5.74, 6) is -2.16. The number of carbonyl (C=O) groups is 3. The van der Waals surface area contributed by atoms with Gasteiger partial charge >= 0.3 is 11.9 Å². The summed E-state index contributed by atoms with van der Waals surface area (Å²) in [6, 6.07) is 10.0. The predicted octanol–water partition coefficient (Wildman–Crippen LogP) is 2.81. The molecule has 1 N–H and O–H groups in total. The lowest BCUT2D eigenvalue weighted by molar-refractivity contribution is -0.120. The third-order valence-corrected chi connectivity index (χ3v) is 4.99. The molecule has 0 aliphatic carbocycles. The highest BCUT2D eigenvalue weighted by molar-refractivity contribution is 6.04. The molecule has 3 rings (SSSR count). The number of rotatable bonds is 6. The topological polar surface area (TPSA) is 117 Å². The average molecular weight is 437 g/mol. The molecule has 166 valence electrons. The summed E-state index contributed by atoms with van der Waals surface area (Å²) in [5.41, 5.74) is 0.426. The SMILES string of the molecule is COC(=O)c1ccc(C(=O)OC)c(NC(=O)C(C(C)C)n2cnc3ccccc3c2=O)c1. The summed E-state index contributed by atoms with van der Waals surface area (Å²) in [4.78, 5) is 54.7. The minimum atomic E-state index is -0.924. The molecule has 0 aliphatic rings. The highest BCUT2D eigenvalue weighted by Gasteiger charge is 2.28. The molecular formula is C23H23N3O6. The summed E-state index contributed by atoms with van der Waals surface area (Å²) in [5, 5.41) is 3.05. The normalized spacial score (nSPS) is 11.8. The van der Waals surface area contributed by atoms with Gasteiger partial charge in [-0.2, -0.15) is 0 Å². The molecular weight excluding hydrogens is 414 g/mol. The van der Waals surface area contributed by atoms with Crippen molar-refractivity contribution in [1.29, 1.82) is 0 Å². The van der Waals surface area contributed by atoms with Gasteiger partial charge in [0.2, 0.25) is 5.91 Å². The maximum absolute atomic E-state index is 13.3. The highest BCUT2D eigenvalue weighted by atomic mass is 16.5. The van der Waals surface area contributed by atoms with Crippen LogP contribution in [0, 0.1) is 5.92 Å². The van der Waals surface area contributed by atoms with Gasteiger partial charge in [-0.15, -0.1) is 0 Å². The standard InChI is InChI=1S/C23H23N3O6/c1-13(2)19(26-12-24-17-8-6-5-7-15(17)21(26)28)20(27)25-18-11-14(22(29)31-3)9-10-16(18)23(30)32-4/h5-13,19H,1-4H3,(H,25,27). The first-order chi connectivity index (χ1) is 15.3. The highest BCUT2D eigenvalue weighted by Crippen LogP contribution is 2.24. The van der Waals surface area contributed by atoms with Crippen LogP contribution in [0.15, 0.2) is 53.6 Å². The quantitative estimate of drug-likeness (QED) is 0.589. The number of para-hydroxylation sites is 1. The second kappa shape index (κ2) is 9.42. The van der Waals surface area contributed by atoms with E-state index in [0.717, 1.165) is 0 Å². The van der Waals surface area contributed by atoms with E-state index in [1.54, 1.807) is 38.1 Å². The Morgan fingerprint density at radius 3 is 2.34 bits per heavy atom. The van der Waals surface area contributed by atoms with Crippen LogP contribution in [0.5, 0.6) is 0 Å². The first-order valence-electron chi connectivity index (χ1n) is 9.86. The van der Waals surface area contributed by atoms with E-state index in [0.29, 0.717) is 10.9 Å². The van der Waals surface area contributed by atoms with Crippen LogP contribution in [-0.2, 0) is 14.3 Å². The molecule has 1 aromatic heterocycles. The van der Waals surface area contributed by atoms with Crippen LogP contribution in [-0.4, -0.2) is 41.6 Å². The molecule has 1 amide bonds. The van der Waals surface area contributed by atoms with E-state index < -0.39 is 23.9 Å². The molecule has 9 nitrogen and oxygen atoms in total. The van der Waals surface area contributed by atoms with Crippen molar-refractivity contribution in [3.63, 3.8) is 0 Å². The van der Waals surface area contributed by atoms with Gasteiger partial charge in [0.1, 0.15) is 6.04 Å². The lowest BCUT2D eigenvalue weighted by Crippen LogP contribution is -2.36. The number of nitrogens with one attached hydrogen (secondary N) is 1. The molecule has 0 saturated heterocycles. The number of aromatic nitrogens is 2. The monoisotopic (exact) mass is 437 g/mol. The summed E-state index contributed by atoms with van der Waals surface area (Å²) in [6.07, 6.45) is 1.33. The number of hydrogen-bond acceptors (Lipinski definition) is 7. The fourth-order valence-electron chi connectivity index (χ4n) is 3.42. The molecule has 2 aromatic carbocycles. The minimum Gasteiger partial charge on any atom is -0.465 e. The van der Waals surface area contributed by atoms with Gasteiger partial charge in [0.05, 0.1) is 48.3 Å². The predicted molar refractivity (Wildman–Crippen MR) is 118 cm³/mol. The first-order valence-corrected chi connectivity index (χ1v) is 9.86. The van der Waals surface area contributed by atoms with Gasteiger partial charge in [0, 0.05) is 0 Å². The fraction of sp³-hybridized carbons (Fsp3) is 0.261. The minimum absolute atomic E-state index is 0.0555. The Hall–Kier alpha value is -4.01. The van der Waals surface area contributed by atoms with Gasteiger partial charge in [-0.25, -0.2) is 14.6 Å². The van der Waals surface area contributed by atoms with Crippen molar-refractivity contribution < 1.29 is 23.9 Å². The molecule has 3 aromatic rings. The van der Waals surface area contributed by atoms with Crippen molar-refractivity contribution in [2.75, 3.05) is 19.5 Å². The number of hydrogen-bond donors (Lipinski definition) is 1. The first kappa shape index (κ1) is 22.7. The Morgan fingerprint density at radius 1 is 1.00 bits per heavy atom. The summed E-state index contributed by atoms with van der Waals surface area (Å²) in [6.45, 7) is 3.58. The zero-order chi connectivity index (χ0) is 23.4. The second-order valence-corrected chi connectivity index (χ2v) is 7.40. The summed E-state index contributed by atoms with van der Waals surface area (Å²) >= 11 is 0. The Bertz CT molecular complexity index is 1250. The van der Waals surface area contributed by atoms with E-state index in [-0.39, 0.29) is 28.3 Å². The number of anilines is 1. The van der Waals surface area contributed by atoms with E-state index >= 15 is 0 Å². The Kier molecular flexibility index (Phi) is 6.67.